The number of benzene rings is 2. The minimum Gasteiger partial charge on any atom is -0.321 e. The molecule has 1 aliphatic rings. The minimum atomic E-state index is -0.0541. The number of hydrogen-bond acceptors (Lipinski definition) is 1. The summed E-state index contributed by atoms with van der Waals surface area (Å²) in [6, 6.07) is 16.5. The van der Waals surface area contributed by atoms with Crippen LogP contribution in [0, 0.1) is 15.4 Å². The van der Waals surface area contributed by atoms with Crippen molar-refractivity contribution in [2.75, 3.05) is 0 Å². The number of rotatable bonds is 1. The third-order valence-electron chi connectivity index (χ3n) is 3.42. The average Bonchev–Trinajstić information content (AvgIpc) is 3.16. The van der Waals surface area contributed by atoms with Crippen LogP contribution in [-0.4, -0.2) is 0 Å². The van der Waals surface area contributed by atoms with E-state index in [1.165, 1.54) is 9.13 Å². The first-order chi connectivity index (χ1) is 9.16. The first-order valence-corrected chi connectivity index (χ1v) is 7.41. The molecule has 3 rings (SSSR count). The van der Waals surface area contributed by atoms with E-state index in [9.17, 15) is 0 Å². The fraction of sp³-hybridized carbons (Fsp3) is 0.176. The third kappa shape index (κ3) is 2.99. The lowest BCUT2D eigenvalue weighted by Gasteiger charge is -2.07. The molecule has 0 bridgehead atoms. The van der Waals surface area contributed by atoms with Crippen molar-refractivity contribution in [2.24, 2.45) is 5.73 Å². The topological polar surface area (TPSA) is 26.0 Å². The Morgan fingerprint density at radius 1 is 0.947 bits per heavy atom. The molecule has 0 amide bonds. The van der Waals surface area contributed by atoms with E-state index in [0.29, 0.717) is 0 Å². The van der Waals surface area contributed by atoms with Gasteiger partial charge in [0, 0.05) is 20.2 Å². The van der Waals surface area contributed by atoms with Crippen molar-refractivity contribution in [1.82, 2.24) is 0 Å². The van der Waals surface area contributed by atoms with E-state index in [1.54, 1.807) is 0 Å². The van der Waals surface area contributed by atoms with Crippen LogP contribution in [0.1, 0.15) is 29.5 Å². The standard InChI is InChI=1S/C17H14IN/c18-16-3-1-2-14(12-16)5-4-13-6-8-15(9-7-13)17(19)10-11-17/h1-3,6-9,12H,10-11,19H2. The molecule has 0 heterocycles. The summed E-state index contributed by atoms with van der Waals surface area (Å²) in [5, 5.41) is 0. The van der Waals surface area contributed by atoms with E-state index >= 15 is 0 Å². The Kier molecular flexibility index (Phi) is 3.34. The molecule has 0 unspecified atom stereocenters. The quantitative estimate of drug-likeness (QED) is 0.611. The SMILES string of the molecule is NC1(c2ccc(C#Cc3cccc(I)c3)cc2)CC1. The van der Waals surface area contributed by atoms with Crippen LogP contribution in [0.3, 0.4) is 0 Å². The summed E-state index contributed by atoms with van der Waals surface area (Å²) in [4.78, 5) is 0. The van der Waals surface area contributed by atoms with Gasteiger partial charge >= 0.3 is 0 Å². The molecule has 1 saturated carbocycles. The minimum absolute atomic E-state index is 0.0541. The Bertz CT molecular complexity index is 658. The van der Waals surface area contributed by atoms with Crippen molar-refractivity contribution >= 4 is 22.6 Å². The predicted molar refractivity (Wildman–Crippen MR) is 86.7 cm³/mol. The molecule has 1 fully saturated rings. The van der Waals surface area contributed by atoms with Gasteiger partial charge in [-0.2, -0.15) is 0 Å². The van der Waals surface area contributed by atoms with Gasteiger partial charge in [0.2, 0.25) is 0 Å². The molecule has 0 spiro atoms. The molecular weight excluding hydrogens is 345 g/mol. The number of halogens is 1. The summed E-state index contributed by atoms with van der Waals surface area (Å²) in [5.41, 5.74) is 9.42. The van der Waals surface area contributed by atoms with E-state index in [4.69, 9.17) is 5.73 Å². The second-order valence-corrected chi connectivity index (χ2v) is 6.24. The molecular formula is C17H14IN. The molecule has 2 aromatic rings. The Morgan fingerprint density at radius 3 is 2.26 bits per heavy atom. The zero-order valence-corrected chi connectivity index (χ0v) is 12.6. The van der Waals surface area contributed by atoms with Gasteiger partial charge in [-0.1, -0.05) is 30.0 Å². The largest absolute Gasteiger partial charge is 0.321 e. The van der Waals surface area contributed by atoms with Crippen LogP contribution in [0.15, 0.2) is 48.5 Å². The van der Waals surface area contributed by atoms with Crippen LogP contribution >= 0.6 is 22.6 Å². The Labute approximate surface area is 127 Å². The first kappa shape index (κ1) is 12.7. The van der Waals surface area contributed by atoms with Gasteiger partial charge in [0.1, 0.15) is 0 Å². The van der Waals surface area contributed by atoms with E-state index < -0.39 is 0 Å². The van der Waals surface area contributed by atoms with Gasteiger partial charge in [-0.25, -0.2) is 0 Å². The summed E-state index contributed by atoms with van der Waals surface area (Å²) in [5.74, 6) is 6.38. The molecule has 1 nitrogen and oxygen atoms in total. The highest BCUT2D eigenvalue weighted by Crippen LogP contribution is 2.42. The number of hydrogen-bond donors (Lipinski definition) is 1. The first-order valence-electron chi connectivity index (χ1n) is 6.33. The molecule has 0 atom stereocenters. The Balaban J connectivity index is 1.81. The van der Waals surface area contributed by atoms with Crippen molar-refractivity contribution in [3.63, 3.8) is 0 Å². The van der Waals surface area contributed by atoms with Crippen molar-refractivity contribution in [2.45, 2.75) is 18.4 Å². The normalized spacial score (nSPS) is 15.5. The van der Waals surface area contributed by atoms with Crippen LogP contribution in [0.4, 0.5) is 0 Å². The molecule has 0 aliphatic heterocycles. The van der Waals surface area contributed by atoms with E-state index in [0.717, 1.165) is 24.0 Å². The summed E-state index contributed by atoms with van der Waals surface area (Å²) in [6.07, 6.45) is 2.20. The van der Waals surface area contributed by atoms with Gasteiger partial charge in [0.25, 0.3) is 0 Å². The molecule has 0 saturated heterocycles. The smallest absolute Gasteiger partial charge is 0.0411 e. The second kappa shape index (κ2) is 4.99. The predicted octanol–water partition coefficient (Wildman–Crippen LogP) is 3.64. The highest BCUT2D eigenvalue weighted by Gasteiger charge is 2.39. The molecule has 2 heteroatoms. The van der Waals surface area contributed by atoms with Crippen LogP contribution in [0.2, 0.25) is 0 Å². The zero-order valence-electron chi connectivity index (χ0n) is 10.5. The fourth-order valence-corrected chi connectivity index (χ4v) is 2.56. The van der Waals surface area contributed by atoms with Crippen LogP contribution < -0.4 is 5.73 Å². The molecule has 2 aromatic carbocycles. The maximum absolute atomic E-state index is 6.16. The summed E-state index contributed by atoms with van der Waals surface area (Å²) in [7, 11) is 0. The van der Waals surface area contributed by atoms with Crippen molar-refractivity contribution in [1.29, 1.82) is 0 Å². The molecule has 2 N–H and O–H groups in total. The van der Waals surface area contributed by atoms with Crippen molar-refractivity contribution < 1.29 is 0 Å². The fourth-order valence-electron chi connectivity index (χ4n) is 2.02. The zero-order chi connectivity index (χ0) is 13.3. The van der Waals surface area contributed by atoms with Crippen LogP contribution in [-0.2, 0) is 5.54 Å². The van der Waals surface area contributed by atoms with Crippen molar-refractivity contribution in [3.8, 4) is 11.8 Å². The average molecular weight is 359 g/mol. The molecule has 1 aliphatic carbocycles. The maximum Gasteiger partial charge on any atom is 0.0411 e. The van der Waals surface area contributed by atoms with Gasteiger partial charge in [-0.3, -0.25) is 0 Å². The highest BCUT2D eigenvalue weighted by molar-refractivity contribution is 14.1. The van der Waals surface area contributed by atoms with Gasteiger partial charge in [-0.15, -0.1) is 0 Å². The molecule has 19 heavy (non-hydrogen) atoms. The summed E-state index contributed by atoms with van der Waals surface area (Å²) >= 11 is 2.30. The lowest BCUT2D eigenvalue weighted by molar-refractivity contribution is 0.740. The second-order valence-electron chi connectivity index (χ2n) is 4.99. The van der Waals surface area contributed by atoms with Gasteiger partial charge < -0.3 is 5.73 Å². The molecule has 0 aromatic heterocycles. The maximum atomic E-state index is 6.16. The monoisotopic (exact) mass is 359 g/mol. The lowest BCUT2D eigenvalue weighted by atomic mass is 10.0. The Morgan fingerprint density at radius 2 is 1.63 bits per heavy atom. The van der Waals surface area contributed by atoms with E-state index in [2.05, 4.69) is 70.8 Å². The van der Waals surface area contributed by atoms with Gasteiger partial charge in [0.15, 0.2) is 0 Å². The number of nitrogens with two attached hydrogens (primary N) is 1. The van der Waals surface area contributed by atoms with E-state index in [1.807, 2.05) is 12.1 Å². The van der Waals surface area contributed by atoms with Gasteiger partial charge in [-0.05, 0) is 71.3 Å². The summed E-state index contributed by atoms with van der Waals surface area (Å²) in [6.45, 7) is 0. The van der Waals surface area contributed by atoms with Gasteiger partial charge in [0.05, 0.1) is 0 Å². The Hall–Kier alpha value is -1.31. The highest BCUT2D eigenvalue weighted by atomic mass is 127. The van der Waals surface area contributed by atoms with E-state index in [-0.39, 0.29) is 5.54 Å². The lowest BCUT2D eigenvalue weighted by Crippen LogP contribution is -2.18. The third-order valence-corrected chi connectivity index (χ3v) is 4.10. The van der Waals surface area contributed by atoms with Crippen LogP contribution in [0.5, 0.6) is 0 Å². The van der Waals surface area contributed by atoms with Crippen LogP contribution in [0.25, 0.3) is 0 Å². The summed E-state index contributed by atoms with van der Waals surface area (Å²) < 4.78 is 1.21. The molecule has 94 valence electrons. The van der Waals surface area contributed by atoms with Crippen molar-refractivity contribution in [3.05, 3.63) is 68.8 Å². The molecule has 0 radical (unpaired) electrons.